The molecule has 1 aliphatic heterocycles. The zero-order chi connectivity index (χ0) is 17.8. The third kappa shape index (κ3) is 4.81. The molecule has 1 N–H and O–H groups in total. The van der Waals surface area contributed by atoms with E-state index in [0.29, 0.717) is 5.56 Å². The second kappa shape index (κ2) is 9.12. The van der Waals surface area contributed by atoms with Crippen LogP contribution in [-0.4, -0.2) is 49.4 Å². The monoisotopic (exact) mass is 377 g/mol. The number of halogens is 2. The van der Waals surface area contributed by atoms with Crippen LogP contribution in [0, 0.1) is 5.82 Å². The van der Waals surface area contributed by atoms with Crippen molar-refractivity contribution in [2.24, 2.45) is 0 Å². The van der Waals surface area contributed by atoms with Crippen LogP contribution in [0.15, 0.2) is 48.5 Å². The lowest BCUT2D eigenvalue weighted by Gasteiger charge is -2.36. The Morgan fingerprint density at radius 2 is 2.00 bits per heavy atom. The molecule has 0 radical (unpaired) electrons. The second-order valence-electron chi connectivity index (χ2n) is 6.65. The first-order chi connectivity index (χ1) is 12.0. The fourth-order valence-corrected chi connectivity index (χ4v) is 3.27. The van der Waals surface area contributed by atoms with Crippen molar-refractivity contribution in [1.82, 2.24) is 15.1 Å². The van der Waals surface area contributed by atoms with E-state index in [9.17, 15) is 9.18 Å². The Kier molecular flexibility index (Phi) is 7.14. The Morgan fingerprint density at radius 3 is 2.73 bits per heavy atom. The van der Waals surface area contributed by atoms with Gasteiger partial charge in [0, 0.05) is 51.9 Å². The van der Waals surface area contributed by atoms with Gasteiger partial charge in [-0.2, -0.15) is 0 Å². The predicted octanol–water partition coefficient (Wildman–Crippen LogP) is 3.10. The van der Waals surface area contributed by atoms with Crippen molar-refractivity contribution in [3.05, 3.63) is 71.0 Å². The summed E-state index contributed by atoms with van der Waals surface area (Å²) in [5, 5.41) is 3.39. The normalized spacial score (nSPS) is 17.4. The van der Waals surface area contributed by atoms with E-state index in [1.165, 1.54) is 6.07 Å². The number of carbonyl (C=O) groups is 1. The van der Waals surface area contributed by atoms with E-state index in [4.69, 9.17) is 0 Å². The Bertz CT molecular complexity index is 753. The molecule has 3 rings (SSSR count). The zero-order valence-corrected chi connectivity index (χ0v) is 15.9. The highest BCUT2D eigenvalue weighted by atomic mass is 35.5. The van der Waals surface area contributed by atoms with Crippen LogP contribution in [0.5, 0.6) is 0 Å². The van der Waals surface area contributed by atoms with E-state index in [0.717, 1.165) is 37.3 Å². The molecule has 1 aliphatic rings. The topological polar surface area (TPSA) is 35.6 Å². The molecule has 0 saturated carbocycles. The van der Waals surface area contributed by atoms with Crippen LogP contribution in [-0.2, 0) is 6.54 Å². The van der Waals surface area contributed by atoms with Gasteiger partial charge in [0.05, 0.1) is 0 Å². The molecule has 1 fully saturated rings. The summed E-state index contributed by atoms with van der Waals surface area (Å²) in [4.78, 5) is 16.1. The first-order valence-electron chi connectivity index (χ1n) is 8.55. The Labute approximate surface area is 160 Å². The molecule has 2 aromatic carbocycles. The number of benzene rings is 2. The Hall–Kier alpha value is -1.95. The molecule has 26 heavy (non-hydrogen) atoms. The molecular formula is C20H25ClFN3O. The smallest absolute Gasteiger partial charge is 0.253 e. The van der Waals surface area contributed by atoms with Gasteiger partial charge in [0.2, 0.25) is 0 Å². The minimum absolute atomic E-state index is 0. The van der Waals surface area contributed by atoms with Crippen molar-refractivity contribution in [1.29, 1.82) is 0 Å². The van der Waals surface area contributed by atoms with Gasteiger partial charge < -0.3 is 10.2 Å². The number of piperazine rings is 1. The summed E-state index contributed by atoms with van der Waals surface area (Å²) < 4.78 is 13.6. The molecule has 0 bridgehead atoms. The number of rotatable bonds is 4. The summed E-state index contributed by atoms with van der Waals surface area (Å²) in [6, 6.07) is 14.7. The van der Waals surface area contributed by atoms with Gasteiger partial charge in [-0.25, -0.2) is 4.39 Å². The summed E-state index contributed by atoms with van der Waals surface area (Å²) in [7, 11) is 3.51. The molecule has 1 amide bonds. The highest BCUT2D eigenvalue weighted by Gasteiger charge is 2.24. The van der Waals surface area contributed by atoms with E-state index in [1.807, 2.05) is 30.3 Å². The van der Waals surface area contributed by atoms with E-state index in [1.54, 1.807) is 31.1 Å². The van der Waals surface area contributed by atoms with E-state index in [2.05, 4.69) is 10.2 Å². The van der Waals surface area contributed by atoms with Gasteiger partial charge in [-0.1, -0.05) is 24.3 Å². The standard InChI is InChI=1S/C20H24FN3O.ClH/c1-23(2)20(25)17-7-3-5-15(11-17)14-24-10-9-22-13-19(24)16-6-4-8-18(21)12-16;/h3-8,11-12,19,22H,9-10,13-14H2,1-2H3;1H. The highest BCUT2D eigenvalue weighted by Crippen LogP contribution is 2.25. The fraction of sp³-hybridized carbons (Fsp3) is 0.350. The maximum Gasteiger partial charge on any atom is 0.253 e. The van der Waals surface area contributed by atoms with Crippen LogP contribution in [0.4, 0.5) is 4.39 Å². The van der Waals surface area contributed by atoms with Gasteiger partial charge in [0.15, 0.2) is 0 Å². The Morgan fingerprint density at radius 1 is 1.23 bits per heavy atom. The lowest BCUT2D eigenvalue weighted by atomic mass is 10.0. The van der Waals surface area contributed by atoms with Crippen LogP contribution in [0.2, 0.25) is 0 Å². The van der Waals surface area contributed by atoms with Crippen molar-refractivity contribution < 1.29 is 9.18 Å². The van der Waals surface area contributed by atoms with Gasteiger partial charge in [0.25, 0.3) is 5.91 Å². The average Bonchev–Trinajstić information content (AvgIpc) is 2.61. The van der Waals surface area contributed by atoms with Crippen molar-refractivity contribution in [2.75, 3.05) is 33.7 Å². The molecule has 1 atom stereocenters. The molecule has 1 heterocycles. The first-order valence-corrected chi connectivity index (χ1v) is 8.55. The van der Waals surface area contributed by atoms with Gasteiger partial charge >= 0.3 is 0 Å². The molecule has 0 aromatic heterocycles. The minimum Gasteiger partial charge on any atom is -0.345 e. The molecule has 1 unspecified atom stereocenters. The number of amides is 1. The molecule has 140 valence electrons. The van der Waals surface area contributed by atoms with Crippen LogP contribution >= 0.6 is 12.4 Å². The van der Waals surface area contributed by atoms with Crippen molar-refractivity contribution in [2.45, 2.75) is 12.6 Å². The molecule has 4 nitrogen and oxygen atoms in total. The number of carbonyl (C=O) groups excluding carboxylic acids is 1. The fourth-order valence-electron chi connectivity index (χ4n) is 3.27. The van der Waals surface area contributed by atoms with Gasteiger partial charge in [-0.15, -0.1) is 12.4 Å². The van der Waals surface area contributed by atoms with Crippen molar-refractivity contribution >= 4 is 18.3 Å². The van der Waals surface area contributed by atoms with Crippen molar-refractivity contribution in [3.63, 3.8) is 0 Å². The van der Waals surface area contributed by atoms with Gasteiger partial charge in [-0.3, -0.25) is 9.69 Å². The molecule has 1 saturated heterocycles. The average molecular weight is 378 g/mol. The molecule has 0 aliphatic carbocycles. The maximum atomic E-state index is 13.6. The zero-order valence-electron chi connectivity index (χ0n) is 15.1. The SMILES string of the molecule is CN(C)C(=O)c1cccc(CN2CCNCC2c2cccc(F)c2)c1.Cl. The van der Waals surface area contributed by atoms with Crippen LogP contribution in [0.3, 0.4) is 0 Å². The van der Waals surface area contributed by atoms with Crippen molar-refractivity contribution in [3.8, 4) is 0 Å². The van der Waals surface area contributed by atoms with Crippen LogP contribution in [0.25, 0.3) is 0 Å². The van der Waals surface area contributed by atoms with Gasteiger partial charge in [0.1, 0.15) is 5.82 Å². The summed E-state index contributed by atoms with van der Waals surface area (Å²) in [6.07, 6.45) is 0. The first kappa shape index (κ1) is 20.4. The van der Waals surface area contributed by atoms with E-state index in [-0.39, 0.29) is 30.2 Å². The lowest BCUT2D eigenvalue weighted by Crippen LogP contribution is -2.45. The molecule has 6 heteroatoms. The quantitative estimate of drug-likeness (QED) is 0.889. The minimum atomic E-state index is -0.207. The largest absolute Gasteiger partial charge is 0.345 e. The predicted molar refractivity (Wildman–Crippen MR) is 104 cm³/mol. The lowest BCUT2D eigenvalue weighted by molar-refractivity contribution is 0.0827. The van der Waals surface area contributed by atoms with Crippen LogP contribution in [0.1, 0.15) is 27.5 Å². The number of nitrogens with one attached hydrogen (secondary N) is 1. The summed E-state index contributed by atoms with van der Waals surface area (Å²) in [5.41, 5.74) is 2.77. The van der Waals surface area contributed by atoms with Crippen LogP contribution < -0.4 is 5.32 Å². The van der Waals surface area contributed by atoms with E-state index >= 15 is 0 Å². The Balaban J connectivity index is 0.00000243. The van der Waals surface area contributed by atoms with E-state index < -0.39 is 0 Å². The number of nitrogens with zero attached hydrogens (tertiary/aromatic N) is 2. The number of hydrogen-bond donors (Lipinski definition) is 1. The second-order valence-corrected chi connectivity index (χ2v) is 6.65. The highest BCUT2D eigenvalue weighted by molar-refractivity contribution is 5.94. The third-order valence-corrected chi connectivity index (χ3v) is 4.55. The summed E-state index contributed by atoms with van der Waals surface area (Å²) in [5.74, 6) is -0.203. The molecule has 0 spiro atoms. The van der Waals surface area contributed by atoms with Gasteiger partial charge in [-0.05, 0) is 35.4 Å². The maximum absolute atomic E-state index is 13.6. The summed E-state index contributed by atoms with van der Waals surface area (Å²) >= 11 is 0. The molecule has 2 aromatic rings. The third-order valence-electron chi connectivity index (χ3n) is 4.55. The molecular weight excluding hydrogens is 353 g/mol. The summed E-state index contributed by atoms with van der Waals surface area (Å²) in [6.45, 7) is 3.31. The number of hydrogen-bond acceptors (Lipinski definition) is 3.